The molecule has 1 aromatic heterocycles. The molecule has 0 aliphatic carbocycles. The number of imidazole rings is 1. The molecule has 1 aliphatic heterocycles. The SMILES string of the molecule is O=C(O)N=C(c1cncn1Cc1ccc(Br)cc1)N1CCN(C(=O)Cc2ccccc2)CC1. The van der Waals surface area contributed by atoms with Crippen molar-refractivity contribution in [3.8, 4) is 0 Å². The molecule has 0 radical (unpaired) electrons. The summed E-state index contributed by atoms with van der Waals surface area (Å²) < 4.78 is 2.88. The molecule has 0 atom stereocenters. The summed E-state index contributed by atoms with van der Waals surface area (Å²) >= 11 is 3.44. The number of aliphatic imine (C=N–C) groups is 1. The topological polar surface area (TPSA) is 91.0 Å². The van der Waals surface area contributed by atoms with Gasteiger partial charge < -0.3 is 19.5 Å². The van der Waals surface area contributed by atoms with Crippen LogP contribution in [0.3, 0.4) is 0 Å². The third-order valence-electron chi connectivity index (χ3n) is 5.54. The Morgan fingerprint density at radius 2 is 1.61 bits per heavy atom. The highest BCUT2D eigenvalue weighted by atomic mass is 79.9. The highest BCUT2D eigenvalue weighted by Gasteiger charge is 2.26. The Labute approximate surface area is 200 Å². The molecule has 2 amide bonds. The molecule has 4 rings (SSSR count). The molecule has 8 nitrogen and oxygen atoms in total. The second-order valence-corrected chi connectivity index (χ2v) is 8.70. The number of halogens is 1. The van der Waals surface area contributed by atoms with Gasteiger partial charge in [-0.3, -0.25) is 4.79 Å². The Hall–Kier alpha value is -3.46. The Balaban J connectivity index is 1.46. The predicted molar refractivity (Wildman–Crippen MR) is 128 cm³/mol. The lowest BCUT2D eigenvalue weighted by Gasteiger charge is -2.36. The maximum Gasteiger partial charge on any atom is 0.433 e. The molecule has 0 spiro atoms. The van der Waals surface area contributed by atoms with Crippen LogP contribution in [-0.4, -0.2) is 68.5 Å². The highest BCUT2D eigenvalue weighted by Crippen LogP contribution is 2.16. The van der Waals surface area contributed by atoms with E-state index in [0.717, 1.165) is 15.6 Å². The number of carbonyl (C=O) groups is 2. The van der Waals surface area contributed by atoms with Gasteiger partial charge in [0.1, 0.15) is 5.69 Å². The molecule has 170 valence electrons. The summed E-state index contributed by atoms with van der Waals surface area (Å²) in [6, 6.07) is 17.6. The normalized spacial score (nSPS) is 14.4. The number of hydrogen-bond donors (Lipinski definition) is 1. The van der Waals surface area contributed by atoms with Gasteiger partial charge in [-0.25, -0.2) is 9.78 Å². The first kappa shape index (κ1) is 22.7. The lowest BCUT2D eigenvalue weighted by atomic mass is 10.1. The summed E-state index contributed by atoms with van der Waals surface area (Å²) in [6.07, 6.45) is 2.41. The molecule has 33 heavy (non-hydrogen) atoms. The first-order valence-corrected chi connectivity index (χ1v) is 11.4. The van der Waals surface area contributed by atoms with Crippen molar-refractivity contribution in [2.75, 3.05) is 26.2 Å². The molecule has 0 saturated carbocycles. The van der Waals surface area contributed by atoms with Crippen LogP contribution >= 0.6 is 15.9 Å². The molecule has 2 aromatic carbocycles. The van der Waals surface area contributed by atoms with E-state index in [2.05, 4.69) is 25.9 Å². The zero-order valence-electron chi connectivity index (χ0n) is 18.0. The quantitative estimate of drug-likeness (QED) is 0.419. The van der Waals surface area contributed by atoms with Crippen LogP contribution in [0.5, 0.6) is 0 Å². The highest BCUT2D eigenvalue weighted by molar-refractivity contribution is 9.10. The summed E-state index contributed by atoms with van der Waals surface area (Å²) in [6.45, 7) is 2.54. The van der Waals surface area contributed by atoms with Gasteiger partial charge >= 0.3 is 6.09 Å². The molecule has 9 heteroatoms. The van der Waals surface area contributed by atoms with Crippen LogP contribution in [-0.2, 0) is 17.8 Å². The zero-order valence-corrected chi connectivity index (χ0v) is 19.6. The summed E-state index contributed by atoms with van der Waals surface area (Å²) in [5.41, 5.74) is 2.67. The van der Waals surface area contributed by atoms with Gasteiger partial charge in [-0.05, 0) is 23.3 Å². The number of benzene rings is 2. The number of piperazine rings is 1. The molecule has 1 saturated heterocycles. The fraction of sp³-hybridized carbons (Fsp3) is 0.250. The molecule has 3 aromatic rings. The van der Waals surface area contributed by atoms with Crippen LogP contribution in [0.15, 0.2) is 76.6 Å². The van der Waals surface area contributed by atoms with Gasteiger partial charge in [0, 0.05) is 37.2 Å². The molecule has 1 aliphatic rings. The maximum absolute atomic E-state index is 12.7. The van der Waals surface area contributed by atoms with Crippen molar-refractivity contribution >= 4 is 33.8 Å². The van der Waals surface area contributed by atoms with E-state index in [4.69, 9.17) is 0 Å². The number of carboxylic acid groups (broad SMARTS) is 1. The minimum absolute atomic E-state index is 0.0675. The minimum atomic E-state index is -1.26. The molecule has 0 bridgehead atoms. The Morgan fingerprint density at radius 3 is 2.27 bits per heavy atom. The van der Waals surface area contributed by atoms with E-state index in [0.29, 0.717) is 50.7 Å². The van der Waals surface area contributed by atoms with Crippen LogP contribution in [0.4, 0.5) is 4.79 Å². The summed E-state index contributed by atoms with van der Waals surface area (Å²) in [4.78, 5) is 36.1. The third kappa shape index (κ3) is 5.87. The van der Waals surface area contributed by atoms with Gasteiger partial charge in [-0.1, -0.05) is 58.4 Å². The Kier molecular flexibility index (Phi) is 7.19. The Bertz CT molecular complexity index is 1140. The number of rotatable bonds is 5. The first-order chi connectivity index (χ1) is 16.0. The van der Waals surface area contributed by atoms with Crippen LogP contribution < -0.4 is 0 Å². The summed E-state index contributed by atoms with van der Waals surface area (Å²) in [7, 11) is 0. The van der Waals surface area contributed by atoms with Crippen molar-refractivity contribution in [3.63, 3.8) is 0 Å². The van der Waals surface area contributed by atoms with E-state index in [1.807, 2.05) is 69.0 Å². The van der Waals surface area contributed by atoms with Gasteiger partial charge in [0.2, 0.25) is 5.91 Å². The maximum atomic E-state index is 12.7. The smallest absolute Gasteiger partial charge is 0.433 e. The van der Waals surface area contributed by atoms with E-state index in [9.17, 15) is 14.7 Å². The van der Waals surface area contributed by atoms with Crippen LogP contribution in [0.1, 0.15) is 16.8 Å². The minimum Gasteiger partial charge on any atom is -0.463 e. The lowest BCUT2D eigenvalue weighted by molar-refractivity contribution is -0.131. The van der Waals surface area contributed by atoms with E-state index in [1.54, 1.807) is 12.5 Å². The van der Waals surface area contributed by atoms with Crippen molar-refractivity contribution < 1.29 is 14.7 Å². The van der Waals surface area contributed by atoms with Crippen molar-refractivity contribution in [1.29, 1.82) is 0 Å². The second-order valence-electron chi connectivity index (χ2n) is 7.78. The largest absolute Gasteiger partial charge is 0.463 e. The van der Waals surface area contributed by atoms with Crippen LogP contribution in [0, 0.1) is 0 Å². The molecule has 0 unspecified atom stereocenters. The molecule has 1 fully saturated rings. The number of aromatic nitrogens is 2. The van der Waals surface area contributed by atoms with Gasteiger partial charge in [0.15, 0.2) is 5.84 Å². The summed E-state index contributed by atoms with van der Waals surface area (Å²) in [5.74, 6) is 0.421. The van der Waals surface area contributed by atoms with E-state index in [-0.39, 0.29) is 5.91 Å². The molecular weight excluding hydrogens is 486 g/mol. The number of amides is 2. The average molecular weight is 510 g/mol. The van der Waals surface area contributed by atoms with Gasteiger partial charge in [0.05, 0.1) is 18.9 Å². The summed E-state index contributed by atoms with van der Waals surface area (Å²) in [5, 5.41) is 9.42. The number of nitrogens with zero attached hydrogens (tertiary/aromatic N) is 5. The fourth-order valence-electron chi connectivity index (χ4n) is 3.85. The predicted octanol–water partition coefficient (Wildman–Crippen LogP) is 3.51. The van der Waals surface area contributed by atoms with E-state index < -0.39 is 6.09 Å². The van der Waals surface area contributed by atoms with Crippen LogP contribution in [0.2, 0.25) is 0 Å². The Morgan fingerprint density at radius 1 is 0.939 bits per heavy atom. The molecule has 1 N–H and O–H groups in total. The van der Waals surface area contributed by atoms with Crippen molar-refractivity contribution in [2.24, 2.45) is 4.99 Å². The van der Waals surface area contributed by atoms with E-state index >= 15 is 0 Å². The standard InChI is InChI=1S/C24H24BrN5O3/c25-20-8-6-19(7-9-20)16-30-17-26-15-21(30)23(27-24(32)33)29-12-10-28(11-13-29)22(31)14-18-4-2-1-3-5-18/h1-9,15,17H,10-14,16H2,(H,32,33). The van der Waals surface area contributed by atoms with Gasteiger partial charge in [-0.15, -0.1) is 0 Å². The first-order valence-electron chi connectivity index (χ1n) is 10.6. The van der Waals surface area contributed by atoms with E-state index in [1.165, 1.54) is 0 Å². The molecular formula is C24H24BrN5O3. The molecule has 2 heterocycles. The van der Waals surface area contributed by atoms with Crippen molar-refractivity contribution in [1.82, 2.24) is 19.4 Å². The monoisotopic (exact) mass is 509 g/mol. The average Bonchev–Trinajstić information content (AvgIpc) is 3.27. The van der Waals surface area contributed by atoms with Gasteiger partial charge in [0.25, 0.3) is 0 Å². The van der Waals surface area contributed by atoms with Crippen molar-refractivity contribution in [3.05, 3.63) is 88.4 Å². The second kappa shape index (κ2) is 10.4. The zero-order chi connectivity index (χ0) is 23.2. The van der Waals surface area contributed by atoms with Crippen molar-refractivity contribution in [2.45, 2.75) is 13.0 Å². The number of carbonyl (C=O) groups excluding carboxylic acids is 1. The van der Waals surface area contributed by atoms with Crippen LogP contribution in [0.25, 0.3) is 0 Å². The number of hydrogen-bond acceptors (Lipinski definition) is 3. The van der Waals surface area contributed by atoms with Gasteiger partial charge in [-0.2, -0.15) is 4.99 Å². The third-order valence-corrected chi connectivity index (χ3v) is 6.07. The lowest BCUT2D eigenvalue weighted by Crippen LogP contribution is -2.51. The number of amidine groups is 1. The fourth-order valence-corrected chi connectivity index (χ4v) is 4.11.